The van der Waals surface area contributed by atoms with E-state index in [4.69, 9.17) is 5.73 Å². The largest absolute Gasteiger partial charge is 0.396 e. The van der Waals surface area contributed by atoms with Crippen molar-refractivity contribution in [2.45, 2.75) is 52.5 Å². The Bertz CT molecular complexity index is 455. The van der Waals surface area contributed by atoms with Crippen molar-refractivity contribution in [2.24, 2.45) is 5.92 Å². The van der Waals surface area contributed by atoms with Crippen molar-refractivity contribution in [3.8, 4) is 0 Å². The maximum atomic E-state index is 12.7. The Labute approximate surface area is 121 Å². The number of hydrogen-bond donors (Lipinski definition) is 1. The SMILES string of the molecule is CCCC1CCCN(C(=O)c2c(N)cnn2CC)CC1. The van der Waals surface area contributed by atoms with Gasteiger partial charge in [-0.25, -0.2) is 0 Å². The van der Waals surface area contributed by atoms with Gasteiger partial charge in [-0.05, 0) is 32.1 Å². The summed E-state index contributed by atoms with van der Waals surface area (Å²) in [5, 5.41) is 4.16. The first-order chi connectivity index (χ1) is 9.67. The number of nitrogen functional groups attached to an aromatic ring is 1. The molecule has 5 heteroatoms. The maximum Gasteiger partial charge on any atom is 0.274 e. The lowest BCUT2D eigenvalue weighted by atomic mass is 9.96. The van der Waals surface area contributed by atoms with E-state index in [1.165, 1.54) is 19.3 Å². The fraction of sp³-hybridized carbons (Fsp3) is 0.733. The van der Waals surface area contributed by atoms with Crippen LogP contribution in [0.1, 0.15) is 56.4 Å². The number of nitrogens with two attached hydrogens (primary N) is 1. The van der Waals surface area contributed by atoms with Crippen LogP contribution < -0.4 is 5.73 Å². The minimum absolute atomic E-state index is 0.0407. The molecule has 0 aliphatic carbocycles. The third-order valence-corrected chi connectivity index (χ3v) is 4.20. The molecule has 5 nitrogen and oxygen atoms in total. The van der Waals surface area contributed by atoms with E-state index < -0.39 is 0 Å². The average molecular weight is 278 g/mol. The van der Waals surface area contributed by atoms with Crippen molar-refractivity contribution in [3.63, 3.8) is 0 Å². The average Bonchev–Trinajstić information content (AvgIpc) is 2.67. The minimum atomic E-state index is 0.0407. The summed E-state index contributed by atoms with van der Waals surface area (Å²) in [6.45, 7) is 6.56. The van der Waals surface area contributed by atoms with Gasteiger partial charge < -0.3 is 10.6 Å². The molecule has 0 spiro atoms. The van der Waals surface area contributed by atoms with E-state index in [2.05, 4.69) is 12.0 Å². The number of carbonyl (C=O) groups is 1. The van der Waals surface area contributed by atoms with Crippen molar-refractivity contribution < 1.29 is 4.79 Å². The van der Waals surface area contributed by atoms with Crippen LogP contribution in [0.4, 0.5) is 5.69 Å². The lowest BCUT2D eigenvalue weighted by molar-refractivity contribution is 0.0748. The molecule has 2 rings (SSSR count). The molecule has 0 bridgehead atoms. The van der Waals surface area contributed by atoms with Gasteiger partial charge in [0.25, 0.3) is 5.91 Å². The highest BCUT2D eigenvalue weighted by Crippen LogP contribution is 2.23. The number of nitrogens with zero attached hydrogens (tertiary/aromatic N) is 3. The van der Waals surface area contributed by atoms with Crippen LogP contribution in [-0.2, 0) is 6.54 Å². The van der Waals surface area contributed by atoms with Crippen LogP contribution in [0.5, 0.6) is 0 Å². The van der Waals surface area contributed by atoms with Crippen LogP contribution in [0.15, 0.2) is 6.20 Å². The first-order valence-electron chi connectivity index (χ1n) is 7.77. The van der Waals surface area contributed by atoms with Gasteiger partial charge in [0.15, 0.2) is 0 Å². The van der Waals surface area contributed by atoms with Crippen LogP contribution in [0.3, 0.4) is 0 Å². The predicted molar refractivity (Wildman–Crippen MR) is 80.5 cm³/mol. The Kier molecular flexibility index (Phi) is 5.04. The summed E-state index contributed by atoms with van der Waals surface area (Å²) in [4.78, 5) is 14.6. The number of likely N-dealkylation sites (tertiary alicyclic amines) is 1. The van der Waals surface area contributed by atoms with E-state index in [1.807, 2.05) is 11.8 Å². The molecule has 0 saturated carbocycles. The summed E-state index contributed by atoms with van der Waals surface area (Å²) in [7, 11) is 0. The molecular weight excluding hydrogens is 252 g/mol. The quantitative estimate of drug-likeness (QED) is 0.920. The second-order valence-corrected chi connectivity index (χ2v) is 5.64. The zero-order valence-electron chi connectivity index (χ0n) is 12.6. The summed E-state index contributed by atoms with van der Waals surface area (Å²) >= 11 is 0. The first-order valence-corrected chi connectivity index (χ1v) is 7.77. The number of anilines is 1. The van der Waals surface area contributed by atoms with E-state index in [9.17, 15) is 4.79 Å². The fourth-order valence-electron chi connectivity index (χ4n) is 3.09. The molecule has 112 valence electrons. The molecule has 1 atom stereocenters. The van der Waals surface area contributed by atoms with E-state index >= 15 is 0 Å². The number of hydrogen-bond acceptors (Lipinski definition) is 3. The molecule has 1 fully saturated rings. The maximum absolute atomic E-state index is 12.7. The van der Waals surface area contributed by atoms with Gasteiger partial charge in [-0.3, -0.25) is 9.48 Å². The Balaban J connectivity index is 2.07. The Morgan fingerprint density at radius 1 is 1.40 bits per heavy atom. The van der Waals surface area contributed by atoms with Crippen molar-refractivity contribution >= 4 is 11.6 Å². The molecule has 1 unspecified atom stereocenters. The minimum Gasteiger partial charge on any atom is -0.396 e. The molecule has 1 aliphatic heterocycles. The van der Waals surface area contributed by atoms with E-state index in [0.717, 1.165) is 31.8 Å². The molecule has 1 aromatic rings. The number of aryl methyl sites for hydroxylation is 1. The van der Waals surface area contributed by atoms with Crippen LogP contribution in [0, 0.1) is 5.92 Å². The smallest absolute Gasteiger partial charge is 0.274 e. The van der Waals surface area contributed by atoms with Gasteiger partial charge in [-0.2, -0.15) is 5.10 Å². The van der Waals surface area contributed by atoms with Crippen molar-refractivity contribution in [2.75, 3.05) is 18.8 Å². The van der Waals surface area contributed by atoms with Gasteiger partial charge in [0.1, 0.15) is 5.69 Å². The molecule has 0 aromatic carbocycles. The number of aromatic nitrogens is 2. The third kappa shape index (κ3) is 3.14. The van der Waals surface area contributed by atoms with Crippen LogP contribution in [-0.4, -0.2) is 33.7 Å². The standard InChI is InChI=1S/C15H26N4O/c1-3-6-12-7-5-9-18(10-8-12)15(20)14-13(16)11-17-19(14)4-2/h11-12H,3-10,16H2,1-2H3. The normalized spacial score (nSPS) is 19.9. The number of rotatable bonds is 4. The summed E-state index contributed by atoms with van der Waals surface area (Å²) in [5.41, 5.74) is 6.96. The first kappa shape index (κ1) is 14.9. The van der Waals surface area contributed by atoms with Crippen molar-refractivity contribution in [3.05, 3.63) is 11.9 Å². The lowest BCUT2D eigenvalue weighted by Gasteiger charge is -2.21. The molecule has 2 heterocycles. The zero-order chi connectivity index (χ0) is 14.5. The van der Waals surface area contributed by atoms with Gasteiger partial charge in [-0.1, -0.05) is 19.8 Å². The van der Waals surface area contributed by atoms with Crippen LogP contribution in [0.25, 0.3) is 0 Å². The predicted octanol–water partition coefficient (Wildman–Crippen LogP) is 2.53. The monoisotopic (exact) mass is 278 g/mol. The molecule has 1 amide bonds. The Morgan fingerprint density at radius 2 is 2.20 bits per heavy atom. The molecule has 1 aromatic heterocycles. The summed E-state index contributed by atoms with van der Waals surface area (Å²) in [6.07, 6.45) is 7.52. The molecule has 1 aliphatic rings. The Morgan fingerprint density at radius 3 is 2.90 bits per heavy atom. The highest BCUT2D eigenvalue weighted by Gasteiger charge is 2.25. The third-order valence-electron chi connectivity index (χ3n) is 4.20. The van der Waals surface area contributed by atoms with Gasteiger partial charge in [0, 0.05) is 19.6 Å². The van der Waals surface area contributed by atoms with E-state index in [0.29, 0.717) is 17.9 Å². The van der Waals surface area contributed by atoms with Crippen molar-refractivity contribution in [1.29, 1.82) is 0 Å². The van der Waals surface area contributed by atoms with E-state index in [-0.39, 0.29) is 5.91 Å². The molecule has 20 heavy (non-hydrogen) atoms. The van der Waals surface area contributed by atoms with Gasteiger partial charge >= 0.3 is 0 Å². The lowest BCUT2D eigenvalue weighted by Crippen LogP contribution is -2.34. The molecule has 1 saturated heterocycles. The Hall–Kier alpha value is -1.52. The number of amides is 1. The topological polar surface area (TPSA) is 64.2 Å². The molecular formula is C15H26N4O. The van der Waals surface area contributed by atoms with E-state index in [1.54, 1.807) is 10.9 Å². The second kappa shape index (κ2) is 6.77. The van der Waals surface area contributed by atoms with Gasteiger partial charge in [0.05, 0.1) is 11.9 Å². The summed E-state index contributed by atoms with van der Waals surface area (Å²) in [6, 6.07) is 0. The summed E-state index contributed by atoms with van der Waals surface area (Å²) < 4.78 is 1.70. The van der Waals surface area contributed by atoms with Gasteiger partial charge in [0.2, 0.25) is 0 Å². The second-order valence-electron chi connectivity index (χ2n) is 5.64. The number of carbonyl (C=O) groups excluding carboxylic acids is 1. The fourth-order valence-corrected chi connectivity index (χ4v) is 3.09. The van der Waals surface area contributed by atoms with Crippen molar-refractivity contribution in [1.82, 2.24) is 14.7 Å². The highest BCUT2D eigenvalue weighted by atomic mass is 16.2. The van der Waals surface area contributed by atoms with Crippen LogP contribution in [0.2, 0.25) is 0 Å². The molecule has 0 radical (unpaired) electrons. The molecule has 2 N–H and O–H groups in total. The van der Waals surface area contributed by atoms with Gasteiger partial charge in [-0.15, -0.1) is 0 Å². The van der Waals surface area contributed by atoms with Crippen LogP contribution >= 0.6 is 0 Å². The highest BCUT2D eigenvalue weighted by molar-refractivity contribution is 5.97. The summed E-state index contributed by atoms with van der Waals surface area (Å²) in [5.74, 6) is 0.810. The zero-order valence-corrected chi connectivity index (χ0v) is 12.6.